The molecule has 1 fully saturated rings. The largest absolute Gasteiger partial charge is 0.444 e. The molecule has 0 bridgehead atoms. The molecule has 7 nitrogen and oxygen atoms in total. The van der Waals surface area contributed by atoms with Gasteiger partial charge in [-0.25, -0.2) is 4.79 Å². The second-order valence-corrected chi connectivity index (χ2v) is 8.80. The Labute approximate surface area is 148 Å². The van der Waals surface area contributed by atoms with Crippen molar-refractivity contribution in [3.63, 3.8) is 0 Å². The third kappa shape index (κ3) is 7.42. The van der Waals surface area contributed by atoms with Gasteiger partial charge in [0.05, 0.1) is 5.88 Å². The summed E-state index contributed by atoms with van der Waals surface area (Å²) in [5, 5.41) is 5.47. The molecule has 0 spiro atoms. The number of nitrogens with one attached hydrogen (secondary N) is 2. The zero-order chi connectivity index (χ0) is 18.5. The van der Waals surface area contributed by atoms with E-state index in [1.54, 1.807) is 37.4 Å². The van der Waals surface area contributed by atoms with E-state index in [9.17, 15) is 14.4 Å². The summed E-state index contributed by atoms with van der Waals surface area (Å²) < 4.78 is 5.12. The predicted molar refractivity (Wildman–Crippen MR) is 94.7 cm³/mol. The lowest BCUT2D eigenvalue weighted by Gasteiger charge is -2.27. The van der Waals surface area contributed by atoms with E-state index in [0.717, 1.165) is 0 Å². The van der Waals surface area contributed by atoms with Crippen LogP contribution in [0.1, 0.15) is 48.0 Å². The normalized spacial score (nSPS) is 18.2. The molecule has 1 unspecified atom stereocenters. The van der Waals surface area contributed by atoms with Gasteiger partial charge in [-0.3, -0.25) is 9.59 Å². The Morgan fingerprint density at radius 2 is 1.79 bits per heavy atom. The van der Waals surface area contributed by atoms with E-state index >= 15 is 0 Å². The first-order valence-electron chi connectivity index (χ1n) is 8.05. The van der Waals surface area contributed by atoms with Crippen LogP contribution in [0.2, 0.25) is 0 Å². The highest BCUT2D eigenvalue weighted by atomic mass is 32.2. The van der Waals surface area contributed by atoms with E-state index in [2.05, 4.69) is 10.6 Å². The maximum Gasteiger partial charge on any atom is 0.407 e. The van der Waals surface area contributed by atoms with Crippen molar-refractivity contribution in [2.24, 2.45) is 0 Å². The molecule has 3 amide bonds. The zero-order valence-corrected chi connectivity index (χ0v) is 16.2. The summed E-state index contributed by atoms with van der Waals surface area (Å²) in [6.07, 6.45) is -0.410. The third-order valence-electron chi connectivity index (χ3n) is 3.01. The summed E-state index contributed by atoms with van der Waals surface area (Å²) >= 11 is 1.55. The van der Waals surface area contributed by atoms with Crippen LogP contribution in [0.4, 0.5) is 4.79 Å². The lowest BCUT2D eigenvalue weighted by atomic mass is 10.1. The van der Waals surface area contributed by atoms with Crippen molar-refractivity contribution < 1.29 is 19.1 Å². The highest BCUT2D eigenvalue weighted by Gasteiger charge is 2.35. The van der Waals surface area contributed by atoms with Gasteiger partial charge in [0.15, 0.2) is 0 Å². The quantitative estimate of drug-likeness (QED) is 0.798. The van der Waals surface area contributed by atoms with Crippen molar-refractivity contribution in [3.8, 4) is 0 Å². The van der Waals surface area contributed by atoms with Crippen LogP contribution < -0.4 is 10.6 Å². The van der Waals surface area contributed by atoms with Crippen LogP contribution in [0, 0.1) is 0 Å². The molecule has 0 aliphatic carbocycles. The van der Waals surface area contributed by atoms with Crippen LogP contribution >= 0.6 is 11.8 Å². The van der Waals surface area contributed by atoms with Gasteiger partial charge in [0.25, 0.3) is 0 Å². The Hall–Kier alpha value is -1.44. The first-order valence-corrected chi connectivity index (χ1v) is 9.20. The maximum atomic E-state index is 12.3. The van der Waals surface area contributed by atoms with E-state index in [0.29, 0.717) is 11.6 Å². The Balaban J connectivity index is 2.46. The van der Waals surface area contributed by atoms with E-state index < -0.39 is 17.7 Å². The van der Waals surface area contributed by atoms with E-state index in [4.69, 9.17) is 4.74 Å². The van der Waals surface area contributed by atoms with Gasteiger partial charge >= 0.3 is 6.09 Å². The molecule has 8 heteroatoms. The molecule has 0 aromatic rings. The molecule has 1 atom stereocenters. The average molecular weight is 359 g/mol. The van der Waals surface area contributed by atoms with Gasteiger partial charge in [0.2, 0.25) is 11.8 Å². The molecular weight excluding hydrogens is 330 g/mol. The molecule has 0 aromatic heterocycles. The van der Waals surface area contributed by atoms with Gasteiger partial charge in [0, 0.05) is 24.3 Å². The van der Waals surface area contributed by atoms with Crippen LogP contribution in [-0.4, -0.2) is 58.2 Å². The van der Waals surface area contributed by atoms with Crippen LogP contribution in [0.5, 0.6) is 0 Å². The minimum atomic E-state index is -0.574. The summed E-state index contributed by atoms with van der Waals surface area (Å²) in [5.74, 6) is 0.798. The average Bonchev–Trinajstić information content (AvgIpc) is 2.83. The van der Waals surface area contributed by atoms with Gasteiger partial charge in [0.1, 0.15) is 11.6 Å². The molecular formula is C16H29N3O4S. The first-order chi connectivity index (χ1) is 10.9. The van der Waals surface area contributed by atoms with Crippen LogP contribution in [-0.2, 0) is 14.3 Å². The third-order valence-corrected chi connectivity index (χ3v) is 4.02. The fraction of sp³-hybridized carbons (Fsp3) is 0.812. The number of carbonyl (C=O) groups is 3. The van der Waals surface area contributed by atoms with Crippen molar-refractivity contribution in [2.45, 2.75) is 65.1 Å². The molecule has 24 heavy (non-hydrogen) atoms. The molecule has 1 heterocycles. The van der Waals surface area contributed by atoms with Crippen molar-refractivity contribution in [3.05, 3.63) is 0 Å². The predicted octanol–water partition coefficient (Wildman–Crippen LogP) is 1.72. The second kappa shape index (κ2) is 8.09. The number of hydrogen-bond donors (Lipinski definition) is 2. The highest BCUT2D eigenvalue weighted by Crippen LogP contribution is 2.22. The number of thioether (sulfide) groups is 1. The van der Waals surface area contributed by atoms with Gasteiger partial charge in [-0.1, -0.05) is 0 Å². The summed E-state index contributed by atoms with van der Waals surface area (Å²) in [6.45, 7) is 11.2. The van der Waals surface area contributed by atoms with Crippen LogP contribution in [0.3, 0.4) is 0 Å². The molecule has 1 saturated heterocycles. The smallest absolute Gasteiger partial charge is 0.407 e. The molecule has 0 radical (unpaired) electrons. The lowest BCUT2D eigenvalue weighted by molar-refractivity contribution is -0.138. The monoisotopic (exact) mass is 359 g/mol. The van der Waals surface area contributed by atoms with Gasteiger partial charge in [-0.15, -0.1) is 11.8 Å². The zero-order valence-electron chi connectivity index (χ0n) is 15.4. The van der Waals surface area contributed by atoms with Crippen molar-refractivity contribution >= 4 is 29.7 Å². The molecule has 138 valence electrons. The number of rotatable bonds is 4. The molecule has 1 aliphatic rings. The fourth-order valence-corrected chi connectivity index (χ4v) is 3.27. The SMILES string of the molecule is CC(C)(C)NC(=O)C1CSCN1C(=O)CCNC(=O)OC(C)(C)C. The van der Waals surface area contributed by atoms with Crippen molar-refractivity contribution in [2.75, 3.05) is 18.2 Å². The first kappa shape index (κ1) is 20.6. The van der Waals surface area contributed by atoms with E-state index in [-0.39, 0.29) is 30.3 Å². The Morgan fingerprint density at radius 1 is 1.17 bits per heavy atom. The van der Waals surface area contributed by atoms with Crippen molar-refractivity contribution in [1.82, 2.24) is 15.5 Å². The van der Waals surface area contributed by atoms with Gasteiger partial charge < -0.3 is 20.3 Å². The maximum absolute atomic E-state index is 12.3. The van der Waals surface area contributed by atoms with E-state index in [1.807, 2.05) is 20.8 Å². The highest BCUT2D eigenvalue weighted by molar-refractivity contribution is 7.99. The minimum Gasteiger partial charge on any atom is -0.444 e. The molecule has 1 rings (SSSR count). The minimum absolute atomic E-state index is 0.138. The van der Waals surface area contributed by atoms with E-state index in [1.165, 1.54) is 0 Å². The number of nitrogens with zero attached hydrogens (tertiary/aromatic N) is 1. The summed E-state index contributed by atoms with van der Waals surface area (Å²) in [4.78, 5) is 37.8. The number of amides is 3. The van der Waals surface area contributed by atoms with Gasteiger partial charge in [-0.2, -0.15) is 0 Å². The standard InChI is InChI=1S/C16H29N3O4S/c1-15(2,3)18-13(21)11-9-24-10-19(11)12(20)7-8-17-14(22)23-16(4,5)6/h11H,7-10H2,1-6H3,(H,17,22)(H,18,21). The summed E-state index contributed by atoms with van der Waals surface area (Å²) in [7, 11) is 0. The van der Waals surface area contributed by atoms with Crippen molar-refractivity contribution in [1.29, 1.82) is 0 Å². The summed E-state index contributed by atoms with van der Waals surface area (Å²) in [6, 6.07) is -0.455. The number of hydrogen-bond acceptors (Lipinski definition) is 5. The number of alkyl carbamates (subject to hydrolysis) is 1. The molecule has 1 aliphatic heterocycles. The number of carbonyl (C=O) groups excluding carboxylic acids is 3. The molecule has 2 N–H and O–H groups in total. The Bertz CT molecular complexity index is 483. The lowest BCUT2D eigenvalue weighted by Crippen LogP contribution is -2.52. The summed E-state index contributed by atoms with van der Waals surface area (Å²) in [5.41, 5.74) is -0.910. The topological polar surface area (TPSA) is 87.7 Å². The Kier molecular flexibility index (Phi) is 6.95. The fourth-order valence-electron chi connectivity index (χ4n) is 2.09. The molecule has 0 aromatic carbocycles. The van der Waals surface area contributed by atoms with Gasteiger partial charge in [-0.05, 0) is 41.5 Å². The Morgan fingerprint density at radius 3 is 2.33 bits per heavy atom. The molecule has 0 saturated carbocycles. The van der Waals surface area contributed by atoms with Crippen LogP contribution in [0.15, 0.2) is 0 Å². The number of ether oxygens (including phenoxy) is 1. The van der Waals surface area contributed by atoms with Crippen LogP contribution in [0.25, 0.3) is 0 Å². The second-order valence-electron chi connectivity index (χ2n) is 7.80.